The summed E-state index contributed by atoms with van der Waals surface area (Å²) in [6.45, 7) is 1.26. The fourth-order valence-corrected chi connectivity index (χ4v) is 3.42. The van der Waals surface area contributed by atoms with Crippen LogP contribution in [0.3, 0.4) is 0 Å². The van der Waals surface area contributed by atoms with Gasteiger partial charge in [-0.1, -0.05) is 11.3 Å². The molecule has 0 radical (unpaired) electrons. The third-order valence-electron chi connectivity index (χ3n) is 4.04. The van der Waals surface area contributed by atoms with Crippen LogP contribution in [-0.2, 0) is 9.47 Å². The minimum Gasteiger partial charge on any atom is -0.394 e. The van der Waals surface area contributed by atoms with Crippen molar-refractivity contribution >= 4 is 27.6 Å². The van der Waals surface area contributed by atoms with E-state index in [9.17, 15) is 15.0 Å². The van der Waals surface area contributed by atoms with Crippen molar-refractivity contribution in [1.29, 1.82) is 0 Å². The predicted molar refractivity (Wildman–Crippen MR) is 78.5 cm³/mol. The van der Waals surface area contributed by atoms with Crippen LogP contribution in [0.25, 0.3) is 10.3 Å². The average Bonchev–Trinajstić information content (AvgIpc) is 2.94. The van der Waals surface area contributed by atoms with Crippen LogP contribution in [0.15, 0.2) is 11.0 Å². The number of nitrogens with zero attached hydrogens (tertiary/aromatic N) is 3. The highest BCUT2D eigenvalue weighted by atomic mass is 32.1. The Morgan fingerprint density at radius 2 is 2.36 bits per heavy atom. The number of nitrogens with two attached hydrogens (primary N) is 1. The molecule has 0 aromatic carbocycles. The number of ether oxygens (including phenoxy) is 2. The first kappa shape index (κ1) is 15.3. The maximum absolute atomic E-state index is 12.3. The number of anilines is 1. The third kappa shape index (κ3) is 2.03. The summed E-state index contributed by atoms with van der Waals surface area (Å²) in [4.78, 5) is 19.8. The van der Waals surface area contributed by atoms with Crippen LogP contribution >= 0.6 is 11.3 Å². The second-order valence-corrected chi connectivity index (χ2v) is 6.18. The third-order valence-corrected chi connectivity index (χ3v) is 4.92. The Balaban J connectivity index is 2.14. The number of methoxy groups -OCH3 is 1. The fraction of sp³-hybridized carbons (Fsp3) is 0.583. The number of aliphatic hydroxyl groups is 2. The van der Waals surface area contributed by atoms with Crippen LogP contribution in [-0.4, -0.2) is 56.3 Å². The van der Waals surface area contributed by atoms with Crippen molar-refractivity contribution in [1.82, 2.24) is 14.5 Å². The number of hydrogen-bond acceptors (Lipinski definition) is 9. The highest BCUT2D eigenvalue weighted by Crippen LogP contribution is 2.39. The van der Waals surface area contributed by atoms with E-state index in [-0.39, 0.29) is 23.1 Å². The second-order valence-electron chi connectivity index (χ2n) is 5.18. The molecule has 1 saturated heterocycles. The monoisotopic (exact) mass is 328 g/mol. The summed E-state index contributed by atoms with van der Waals surface area (Å²) in [5.41, 5.74) is 4.70. The van der Waals surface area contributed by atoms with Gasteiger partial charge in [0.15, 0.2) is 11.9 Å². The van der Waals surface area contributed by atoms with Gasteiger partial charge in [-0.15, -0.1) is 0 Å². The van der Waals surface area contributed by atoms with Crippen LogP contribution in [0.5, 0.6) is 0 Å². The van der Waals surface area contributed by atoms with Gasteiger partial charge in [-0.3, -0.25) is 9.36 Å². The van der Waals surface area contributed by atoms with Gasteiger partial charge >= 0.3 is 4.87 Å². The fourth-order valence-electron chi connectivity index (χ4n) is 2.60. The number of rotatable bonds is 3. The zero-order chi connectivity index (χ0) is 16.1. The van der Waals surface area contributed by atoms with E-state index >= 15 is 0 Å². The SMILES string of the molecule is CO[C@]1(C)C(CO)O[C@@H](n2c(=O)sc3cnc(N)nc32)[C@@H]1O. The first-order chi connectivity index (χ1) is 10.4. The van der Waals surface area contributed by atoms with Gasteiger partial charge in [0.25, 0.3) is 0 Å². The number of thiazole rings is 1. The lowest BCUT2D eigenvalue weighted by atomic mass is 9.94. The maximum Gasteiger partial charge on any atom is 0.311 e. The molecule has 9 nitrogen and oxygen atoms in total. The molecule has 0 spiro atoms. The van der Waals surface area contributed by atoms with Crippen LogP contribution in [0.4, 0.5) is 5.95 Å². The standard InChI is InChI=1S/C12H16N4O5S/c1-12(20-2)6(4-17)21-9(7(12)18)16-8-5(22-11(16)19)3-14-10(13)15-8/h3,6-7,9,17-18H,4H2,1-2H3,(H2,13,14,15)/t6?,7-,9+,12+/m0/s1. The lowest BCUT2D eigenvalue weighted by Crippen LogP contribution is -2.48. The average molecular weight is 328 g/mol. The van der Waals surface area contributed by atoms with E-state index < -0.39 is 24.0 Å². The number of fused-ring (bicyclic) bond motifs is 1. The van der Waals surface area contributed by atoms with Crippen LogP contribution < -0.4 is 10.6 Å². The van der Waals surface area contributed by atoms with E-state index in [1.165, 1.54) is 17.9 Å². The minimum atomic E-state index is -1.17. The first-order valence-corrected chi connectivity index (χ1v) is 7.37. The van der Waals surface area contributed by atoms with E-state index in [4.69, 9.17) is 15.2 Å². The molecule has 4 N–H and O–H groups in total. The lowest BCUT2D eigenvalue weighted by molar-refractivity contribution is -0.105. The van der Waals surface area contributed by atoms with Crippen molar-refractivity contribution in [2.24, 2.45) is 0 Å². The minimum absolute atomic E-state index is 0.0137. The molecule has 4 atom stereocenters. The van der Waals surface area contributed by atoms with Crippen LogP contribution in [0, 0.1) is 0 Å². The Bertz CT molecular complexity index is 762. The zero-order valence-corrected chi connectivity index (χ0v) is 12.8. The van der Waals surface area contributed by atoms with Crippen molar-refractivity contribution in [3.8, 4) is 0 Å². The highest BCUT2D eigenvalue weighted by Gasteiger charge is 2.54. The summed E-state index contributed by atoms with van der Waals surface area (Å²) < 4.78 is 12.7. The van der Waals surface area contributed by atoms with Crippen molar-refractivity contribution in [3.63, 3.8) is 0 Å². The largest absolute Gasteiger partial charge is 0.394 e. The molecule has 1 aliphatic rings. The van der Waals surface area contributed by atoms with Crippen LogP contribution in [0.1, 0.15) is 13.2 Å². The first-order valence-electron chi connectivity index (χ1n) is 6.55. The van der Waals surface area contributed by atoms with Gasteiger partial charge in [0.2, 0.25) is 5.95 Å². The Morgan fingerprint density at radius 1 is 1.64 bits per heavy atom. The number of aliphatic hydroxyl groups excluding tert-OH is 2. The van der Waals surface area contributed by atoms with E-state index in [2.05, 4.69) is 9.97 Å². The molecular weight excluding hydrogens is 312 g/mol. The molecule has 3 heterocycles. The van der Waals surface area contributed by atoms with Gasteiger partial charge in [-0.2, -0.15) is 4.98 Å². The number of nitrogen functional groups attached to an aromatic ring is 1. The van der Waals surface area contributed by atoms with E-state index in [0.29, 0.717) is 4.70 Å². The van der Waals surface area contributed by atoms with E-state index in [0.717, 1.165) is 11.3 Å². The zero-order valence-electron chi connectivity index (χ0n) is 12.0. The molecule has 0 aliphatic carbocycles. The molecule has 2 aromatic rings. The van der Waals surface area contributed by atoms with E-state index in [1.54, 1.807) is 6.92 Å². The molecule has 0 bridgehead atoms. The summed E-state index contributed by atoms with van der Waals surface area (Å²) in [5, 5.41) is 20.0. The van der Waals surface area contributed by atoms with E-state index in [1.807, 2.05) is 0 Å². The van der Waals surface area contributed by atoms with Gasteiger partial charge in [-0.25, -0.2) is 4.98 Å². The Kier molecular flexibility index (Phi) is 3.65. The Hall–Kier alpha value is -1.59. The second kappa shape index (κ2) is 5.25. The molecule has 22 heavy (non-hydrogen) atoms. The van der Waals surface area contributed by atoms with Crippen molar-refractivity contribution in [2.45, 2.75) is 31.0 Å². The number of hydrogen-bond donors (Lipinski definition) is 3. The molecule has 0 saturated carbocycles. The maximum atomic E-state index is 12.3. The van der Waals surface area contributed by atoms with Gasteiger partial charge in [0, 0.05) is 7.11 Å². The van der Waals surface area contributed by atoms with Gasteiger partial charge < -0.3 is 25.4 Å². The van der Waals surface area contributed by atoms with Gasteiger partial charge in [-0.05, 0) is 6.92 Å². The molecule has 1 fully saturated rings. The van der Waals surface area contributed by atoms with Crippen molar-refractivity contribution in [2.75, 3.05) is 19.5 Å². The molecule has 10 heteroatoms. The van der Waals surface area contributed by atoms with Gasteiger partial charge in [0.05, 0.1) is 17.5 Å². The molecular formula is C12H16N4O5S. The summed E-state index contributed by atoms with van der Waals surface area (Å²) in [7, 11) is 1.41. The molecule has 1 unspecified atom stereocenters. The van der Waals surface area contributed by atoms with Crippen molar-refractivity contribution < 1.29 is 19.7 Å². The normalized spacial score (nSPS) is 31.9. The lowest BCUT2D eigenvalue weighted by Gasteiger charge is -2.29. The van der Waals surface area contributed by atoms with Gasteiger partial charge in [0.1, 0.15) is 17.8 Å². The van der Waals surface area contributed by atoms with Crippen LogP contribution in [0.2, 0.25) is 0 Å². The number of aromatic nitrogens is 3. The Labute approximate surface area is 128 Å². The summed E-state index contributed by atoms with van der Waals surface area (Å²) in [5.74, 6) is 0.0137. The Morgan fingerprint density at radius 3 is 2.95 bits per heavy atom. The molecule has 0 amide bonds. The topological polar surface area (TPSA) is 133 Å². The highest BCUT2D eigenvalue weighted by molar-refractivity contribution is 7.16. The van der Waals surface area contributed by atoms with Crippen molar-refractivity contribution in [3.05, 3.63) is 15.9 Å². The summed E-state index contributed by atoms with van der Waals surface area (Å²) in [6.07, 6.45) is -1.53. The molecule has 2 aromatic heterocycles. The molecule has 3 rings (SSSR count). The molecule has 1 aliphatic heterocycles. The summed E-state index contributed by atoms with van der Waals surface area (Å²) >= 11 is 0.925. The summed E-state index contributed by atoms with van der Waals surface area (Å²) in [6, 6.07) is 0. The molecule has 120 valence electrons. The smallest absolute Gasteiger partial charge is 0.311 e. The predicted octanol–water partition coefficient (Wildman–Crippen LogP) is -0.909. The quantitative estimate of drug-likeness (QED) is 0.659.